The number of anilines is 2. The lowest BCUT2D eigenvalue weighted by atomic mass is 9.97. The molecule has 0 saturated carbocycles. The quantitative estimate of drug-likeness (QED) is 0.244. The van der Waals surface area contributed by atoms with Crippen LogP contribution < -0.4 is 10.9 Å². The average Bonchev–Trinajstić information content (AvgIpc) is 3.68. The lowest BCUT2D eigenvalue weighted by Crippen LogP contribution is -2.24. The highest BCUT2D eigenvalue weighted by Gasteiger charge is 2.25. The minimum Gasteiger partial charge on any atom is -0.330 e. The number of aryl methyl sites for hydroxylation is 2. The van der Waals surface area contributed by atoms with E-state index in [1.165, 1.54) is 28.2 Å². The smallest absolute Gasteiger partial charge is 0.264 e. The highest BCUT2D eigenvalue weighted by molar-refractivity contribution is 7.98. The van der Waals surface area contributed by atoms with Crippen LogP contribution in [0.25, 0.3) is 16.0 Å². The molecule has 0 unspecified atom stereocenters. The number of para-hydroxylation sites is 1. The number of rotatable bonds is 7. The van der Waals surface area contributed by atoms with E-state index in [1.807, 2.05) is 60.7 Å². The zero-order chi connectivity index (χ0) is 25.5. The number of thiophene rings is 1. The Labute approximate surface area is 230 Å². The second-order valence-electron chi connectivity index (χ2n) is 9.17. The topological polar surface area (TPSA) is 90.0 Å². The Morgan fingerprint density at radius 1 is 0.895 bits per heavy atom. The van der Waals surface area contributed by atoms with E-state index in [4.69, 9.17) is 0 Å². The molecular weight excluding hydrogens is 535 g/mol. The van der Waals surface area contributed by atoms with Crippen molar-refractivity contribution < 1.29 is 0 Å². The van der Waals surface area contributed by atoms with Crippen molar-refractivity contribution in [2.75, 3.05) is 5.32 Å². The Morgan fingerprint density at radius 3 is 2.53 bits per heavy atom. The summed E-state index contributed by atoms with van der Waals surface area (Å²) < 4.78 is 3.86. The number of aromatic nitrogens is 6. The fourth-order valence-electron chi connectivity index (χ4n) is 4.91. The number of fused-ring (bicyclic) bond motifs is 5. The molecule has 0 saturated heterocycles. The zero-order valence-corrected chi connectivity index (χ0v) is 22.8. The molecule has 0 aliphatic heterocycles. The molecule has 1 N–H and O–H groups in total. The zero-order valence-electron chi connectivity index (χ0n) is 20.3. The Hall–Kier alpha value is -3.54. The van der Waals surface area contributed by atoms with Crippen molar-refractivity contribution >= 4 is 61.2 Å². The van der Waals surface area contributed by atoms with Crippen molar-refractivity contribution in [3.05, 3.63) is 92.0 Å². The van der Waals surface area contributed by atoms with Gasteiger partial charge in [0.05, 0.1) is 17.7 Å². The lowest BCUT2D eigenvalue weighted by Gasteiger charge is -2.12. The highest BCUT2D eigenvalue weighted by Crippen LogP contribution is 2.37. The van der Waals surface area contributed by atoms with Gasteiger partial charge in [0.25, 0.3) is 5.56 Å². The monoisotopic (exact) mass is 557 g/mol. The van der Waals surface area contributed by atoms with Crippen molar-refractivity contribution in [1.29, 1.82) is 0 Å². The van der Waals surface area contributed by atoms with Gasteiger partial charge in [0, 0.05) is 10.6 Å². The molecule has 6 aromatic rings. The molecule has 7 rings (SSSR count). The van der Waals surface area contributed by atoms with Gasteiger partial charge in [0.1, 0.15) is 9.84 Å². The van der Waals surface area contributed by atoms with Crippen LogP contribution in [-0.4, -0.2) is 29.4 Å². The van der Waals surface area contributed by atoms with Gasteiger partial charge in [0.15, 0.2) is 5.16 Å². The van der Waals surface area contributed by atoms with Crippen LogP contribution in [0.4, 0.5) is 10.8 Å². The Balaban J connectivity index is 1.27. The molecule has 0 fully saturated rings. The number of benzene rings is 2. The average molecular weight is 558 g/mol. The minimum atomic E-state index is 0.0282. The molecule has 2 aromatic carbocycles. The normalized spacial score (nSPS) is 13.3. The van der Waals surface area contributed by atoms with Gasteiger partial charge >= 0.3 is 0 Å². The van der Waals surface area contributed by atoms with Crippen LogP contribution in [-0.2, 0) is 25.1 Å². The number of nitrogens with zero attached hydrogens (tertiary/aromatic N) is 6. The second kappa shape index (κ2) is 9.97. The molecule has 190 valence electrons. The SMILES string of the molecule is O=c1c2c3c(sc2n2c(SCc4nnc(Nc5ccccc5)s4)nnc2n1Cc1ccccc1)CCCC3. The maximum atomic E-state index is 13.9. The molecule has 4 heterocycles. The van der Waals surface area contributed by atoms with Gasteiger partial charge in [0.2, 0.25) is 10.9 Å². The van der Waals surface area contributed by atoms with Crippen molar-refractivity contribution in [2.24, 2.45) is 0 Å². The maximum Gasteiger partial charge on any atom is 0.264 e. The predicted octanol–water partition coefficient (Wildman–Crippen LogP) is 5.92. The van der Waals surface area contributed by atoms with Crippen LogP contribution >= 0.6 is 34.4 Å². The van der Waals surface area contributed by atoms with Crippen LogP contribution in [0.2, 0.25) is 0 Å². The molecule has 38 heavy (non-hydrogen) atoms. The van der Waals surface area contributed by atoms with E-state index in [-0.39, 0.29) is 5.56 Å². The van der Waals surface area contributed by atoms with E-state index >= 15 is 0 Å². The first-order valence-electron chi connectivity index (χ1n) is 12.5. The summed E-state index contributed by atoms with van der Waals surface area (Å²) in [5, 5.41) is 24.3. The first-order chi connectivity index (χ1) is 18.7. The van der Waals surface area contributed by atoms with E-state index in [2.05, 4.69) is 30.1 Å². The van der Waals surface area contributed by atoms with E-state index in [0.29, 0.717) is 18.1 Å². The van der Waals surface area contributed by atoms with Gasteiger partial charge in [-0.2, -0.15) is 0 Å². The van der Waals surface area contributed by atoms with Crippen LogP contribution in [0.5, 0.6) is 0 Å². The van der Waals surface area contributed by atoms with Crippen molar-refractivity contribution in [3.63, 3.8) is 0 Å². The molecule has 0 spiro atoms. The summed E-state index contributed by atoms with van der Waals surface area (Å²) in [6.07, 6.45) is 4.27. The Bertz CT molecular complexity index is 1810. The van der Waals surface area contributed by atoms with Crippen LogP contribution in [0.1, 0.15) is 33.9 Å². The van der Waals surface area contributed by atoms with E-state index in [0.717, 1.165) is 56.0 Å². The third-order valence-electron chi connectivity index (χ3n) is 6.67. The van der Waals surface area contributed by atoms with E-state index < -0.39 is 0 Å². The van der Waals surface area contributed by atoms with Crippen LogP contribution in [0.15, 0.2) is 70.6 Å². The first-order valence-corrected chi connectivity index (χ1v) is 15.1. The third kappa shape index (κ3) is 4.30. The molecule has 0 radical (unpaired) electrons. The van der Waals surface area contributed by atoms with Gasteiger partial charge in [-0.1, -0.05) is 71.6 Å². The standard InChI is InChI=1S/C27H23N7OS3/c35-23-22-19-13-7-8-14-20(19)37-24(22)34-26(33(23)15-17-9-3-1-4-10-17)31-32-27(34)36-16-21-29-30-25(38-21)28-18-11-5-2-6-12-18/h1-6,9-12H,7-8,13-16H2,(H,28,30). The molecule has 1 aliphatic rings. The highest BCUT2D eigenvalue weighted by atomic mass is 32.2. The summed E-state index contributed by atoms with van der Waals surface area (Å²) in [5.41, 5.74) is 3.28. The Kier molecular flexibility index (Phi) is 6.18. The Morgan fingerprint density at radius 2 is 1.68 bits per heavy atom. The van der Waals surface area contributed by atoms with Crippen molar-refractivity contribution in [3.8, 4) is 0 Å². The number of thioether (sulfide) groups is 1. The van der Waals surface area contributed by atoms with Gasteiger partial charge < -0.3 is 5.32 Å². The lowest BCUT2D eigenvalue weighted by molar-refractivity contribution is 0.698. The second-order valence-corrected chi connectivity index (χ2v) is 12.3. The largest absolute Gasteiger partial charge is 0.330 e. The summed E-state index contributed by atoms with van der Waals surface area (Å²) in [4.78, 5) is 16.2. The number of nitrogens with one attached hydrogen (secondary N) is 1. The van der Waals surface area contributed by atoms with Gasteiger partial charge in [-0.15, -0.1) is 31.7 Å². The van der Waals surface area contributed by atoms with Crippen LogP contribution in [0.3, 0.4) is 0 Å². The summed E-state index contributed by atoms with van der Waals surface area (Å²) in [6, 6.07) is 20.0. The molecule has 1 aliphatic carbocycles. The summed E-state index contributed by atoms with van der Waals surface area (Å²) in [6.45, 7) is 0.456. The molecule has 0 bridgehead atoms. The molecule has 8 nitrogen and oxygen atoms in total. The molecule has 11 heteroatoms. The molecule has 0 atom stereocenters. The first kappa shape index (κ1) is 23.6. The molecule has 0 amide bonds. The summed E-state index contributed by atoms with van der Waals surface area (Å²) >= 11 is 4.82. The summed E-state index contributed by atoms with van der Waals surface area (Å²) in [5.74, 6) is 1.19. The van der Waals surface area contributed by atoms with Crippen molar-refractivity contribution in [1.82, 2.24) is 29.4 Å². The van der Waals surface area contributed by atoms with E-state index in [1.54, 1.807) is 27.7 Å². The van der Waals surface area contributed by atoms with Gasteiger partial charge in [-0.25, -0.2) is 4.40 Å². The molecular formula is C27H23N7OS3. The number of hydrogen-bond acceptors (Lipinski definition) is 9. The number of hydrogen-bond donors (Lipinski definition) is 1. The van der Waals surface area contributed by atoms with Crippen molar-refractivity contribution in [2.45, 2.75) is 43.1 Å². The maximum absolute atomic E-state index is 13.9. The fourth-order valence-corrected chi connectivity index (χ4v) is 8.02. The van der Waals surface area contributed by atoms with E-state index in [9.17, 15) is 4.79 Å². The van der Waals surface area contributed by atoms with Crippen LogP contribution in [0, 0.1) is 0 Å². The summed E-state index contributed by atoms with van der Waals surface area (Å²) in [7, 11) is 0. The fraction of sp³-hybridized carbons (Fsp3) is 0.222. The third-order valence-corrected chi connectivity index (χ3v) is 9.91. The van der Waals surface area contributed by atoms with Gasteiger partial charge in [-0.3, -0.25) is 9.36 Å². The van der Waals surface area contributed by atoms with Gasteiger partial charge in [-0.05, 0) is 48.9 Å². The molecule has 4 aromatic heterocycles. The minimum absolute atomic E-state index is 0.0282. The predicted molar refractivity (Wildman–Crippen MR) is 154 cm³/mol.